The van der Waals surface area contributed by atoms with Crippen LogP contribution in [0.25, 0.3) is 0 Å². The summed E-state index contributed by atoms with van der Waals surface area (Å²) in [6, 6.07) is 8.03. The fraction of sp³-hybridized carbons (Fsp3) is 0.533. The molecule has 1 atom stereocenters. The van der Waals surface area contributed by atoms with E-state index >= 15 is 0 Å². The molecule has 18 heavy (non-hydrogen) atoms. The molecule has 100 valence electrons. The second-order valence-corrected chi connectivity index (χ2v) is 4.66. The van der Waals surface area contributed by atoms with E-state index in [1.165, 1.54) is 5.56 Å². The molecule has 1 rings (SSSR count). The highest BCUT2D eigenvalue weighted by atomic mass is 16.2. The highest BCUT2D eigenvalue weighted by Gasteiger charge is 2.04. The van der Waals surface area contributed by atoms with Gasteiger partial charge in [0.15, 0.2) is 0 Å². The fourth-order valence-corrected chi connectivity index (χ4v) is 1.75. The molecule has 0 aliphatic heterocycles. The second-order valence-electron chi connectivity index (χ2n) is 4.66. The number of amides is 1. The number of nitrogens with one attached hydrogen (secondary N) is 1. The minimum atomic E-state index is 0.0136. The van der Waals surface area contributed by atoms with Crippen molar-refractivity contribution in [3.05, 3.63) is 29.8 Å². The van der Waals surface area contributed by atoms with Gasteiger partial charge in [0.25, 0.3) is 0 Å². The van der Waals surface area contributed by atoms with Crippen LogP contribution in [0.5, 0.6) is 0 Å². The molecule has 0 aliphatic rings. The molecule has 0 fully saturated rings. The lowest BCUT2D eigenvalue weighted by Gasteiger charge is -2.10. The Bertz CT molecular complexity index is 359. The molecule has 3 nitrogen and oxygen atoms in total. The van der Waals surface area contributed by atoms with Crippen molar-refractivity contribution in [3.63, 3.8) is 0 Å². The van der Waals surface area contributed by atoms with Crippen LogP contribution in [-0.4, -0.2) is 17.6 Å². The highest BCUT2D eigenvalue weighted by Crippen LogP contribution is 2.20. The van der Waals surface area contributed by atoms with Crippen LogP contribution in [0.3, 0.4) is 0 Å². The van der Waals surface area contributed by atoms with Crippen LogP contribution in [0.15, 0.2) is 24.3 Å². The summed E-state index contributed by atoms with van der Waals surface area (Å²) in [4.78, 5) is 11.6. The first-order chi connectivity index (χ1) is 8.67. The summed E-state index contributed by atoms with van der Waals surface area (Å²) in [5, 5.41) is 11.5. The summed E-state index contributed by atoms with van der Waals surface area (Å²) in [5.41, 5.74) is 2.15. The number of aliphatic hydroxyl groups excluding tert-OH is 1. The minimum absolute atomic E-state index is 0.0136. The number of rotatable bonds is 7. The van der Waals surface area contributed by atoms with Gasteiger partial charge >= 0.3 is 0 Å². The number of hydrogen-bond donors (Lipinski definition) is 2. The minimum Gasteiger partial charge on any atom is -0.396 e. The molecule has 1 amide bonds. The van der Waals surface area contributed by atoms with Crippen molar-refractivity contribution in [3.8, 4) is 0 Å². The van der Waals surface area contributed by atoms with Crippen molar-refractivity contribution in [2.75, 3.05) is 11.9 Å². The first-order valence-electron chi connectivity index (χ1n) is 6.68. The molecule has 1 unspecified atom stereocenters. The SMILES string of the molecule is CCC(C)c1ccc(NC(=O)CCCCO)cc1. The molecule has 0 aromatic heterocycles. The number of carbonyl (C=O) groups excluding carboxylic acids is 1. The van der Waals surface area contributed by atoms with Crippen LogP contribution in [-0.2, 0) is 4.79 Å². The van der Waals surface area contributed by atoms with Gasteiger partial charge in [-0.1, -0.05) is 26.0 Å². The van der Waals surface area contributed by atoms with Gasteiger partial charge < -0.3 is 10.4 Å². The van der Waals surface area contributed by atoms with E-state index in [1.807, 2.05) is 12.1 Å². The van der Waals surface area contributed by atoms with Crippen molar-refractivity contribution in [1.82, 2.24) is 0 Å². The Morgan fingerprint density at radius 1 is 1.28 bits per heavy atom. The zero-order chi connectivity index (χ0) is 13.4. The fourth-order valence-electron chi connectivity index (χ4n) is 1.75. The Balaban J connectivity index is 2.45. The van der Waals surface area contributed by atoms with E-state index in [2.05, 4.69) is 31.3 Å². The third kappa shape index (κ3) is 4.88. The summed E-state index contributed by atoms with van der Waals surface area (Å²) >= 11 is 0. The van der Waals surface area contributed by atoms with E-state index in [0.29, 0.717) is 18.8 Å². The zero-order valence-electron chi connectivity index (χ0n) is 11.3. The number of hydrogen-bond acceptors (Lipinski definition) is 2. The van der Waals surface area contributed by atoms with Crippen LogP contribution < -0.4 is 5.32 Å². The number of aliphatic hydroxyl groups is 1. The molecule has 0 radical (unpaired) electrons. The molecular formula is C15H23NO2. The van der Waals surface area contributed by atoms with Gasteiger partial charge in [0.2, 0.25) is 5.91 Å². The zero-order valence-corrected chi connectivity index (χ0v) is 11.3. The molecule has 0 spiro atoms. The van der Waals surface area contributed by atoms with Crippen molar-refractivity contribution >= 4 is 11.6 Å². The Morgan fingerprint density at radius 2 is 1.94 bits per heavy atom. The quantitative estimate of drug-likeness (QED) is 0.728. The average molecular weight is 249 g/mol. The summed E-state index contributed by atoms with van der Waals surface area (Å²) in [7, 11) is 0. The maximum absolute atomic E-state index is 11.6. The van der Waals surface area contributed by atoms with Gasteiger partial charge in [-0.25, -0.2) is 0 Å². The van der Waals surface area contributed by atoms with Crippen LogP contribution in [0.4, 0.5) is 5.69 Å². The summed E-state index contributed by atoms with van der Waals surface area (Å²) in [6.07, 6.45) is 2.99. The van der Waals surface area contributed by atoms with E-state index < -0.39 is 0 Å². The van der Waals surface area contributed by atoms with Crippen molar-refractivity contribution in [2.45, 2.75) is 45.4 Å². The summed E-state index contributed by atoms with van der Waals surface area (Å²) in [6.45, 7) is 4.51. The van der Waals surface area contributed by atoms with E-state index in [1.54, 1.807) is 0 Å². The Kier molecular flexibility index (Phi) is 6.44. The molecule has 3 heteroatoms. The van der Waals surface area contributed by atoms with Crippen LogP contribution in [0.1, 0.15) is 51.0 Å². The van der Waals surface area contributed by atoms with Gasteiger partial charge in [0, 0.05) is 18.7 Å². The highest BCUT2D eigenvalue weighted by molar-refractivity contribution is 5.90. The lowest BCUT2D eigenvalue weighted by atomic mass is 9.99. The monoisotopic (exact) mass is 249 g/mol. The normalized spacial score (nSPS) is 12.2. The smallest absolute Gasteiger partial charge is 0.224 e. The molecular weight excluding hydrogens is 226 g/mol. The van der Waals surface area contributed by atoms with Gasteiger partial charge in [-0.15, -0.1) is 0 Å². The Labute approximate surface area is 109 Å². The molecule has 0 saturated heterocycles. The predicted molar refractivity (Wildman–Crippen MR) is 74.7 cm³/mol. The number of carbonyl (C=O) groups is 1. The predicted octanol–water partition coefficient (Wildman–Crippen LogP) is 3.30. The van der Waals surface area contributed by atoms with Crippen LogP contribution >= 0.6 is 0 Å². The van der Waals surface area contributed by atoms with Gasteiger partial charge in [0.05, 0.1) is 0 Å². The number of unbranched alkanes of at least 4 members (excludes halogenated alkanes) is 1. The summed E-state index contributed by atoms with van der Waals surface area (Å²) in [5.74, 6) is 0.569. The number of benzene rings is 1. The van der Waals surface area contributed by atoms with E-state index in [9.17, 15) is 4.79 Å². The largest absolute Gasteiger partial charge is 0.396 e. The standard InChI is InChI=1S/C15H23NO2/c1-3-12(2)13-7-9-14(10-8-13)16-15(18)6-4-5-11-17/h7-10,12,17H,3-6,11H2,1-2H3,(H,16,18). The lowest BCUT2D eigenvalue weighted by Crippen LogP contribution is -2.11. The lowest BCUT2D eigenvalue weighted by molar-refractivity contribution is -0.116. The topological polar surface area (TPSA) is 49.3 Å². The third-order valence-corrected chi connectivity index (χ3v) is 3.19. The van der Waals surface area contributed by atoms with Crippen LogP contribution in [0, 0.1) is 0 Å². The maximum Gasteiger partial charge on any atom is 0.224 e. The van der Waals surface area contributed by atoms with Gasteiger partial charge in [0.1, 0.15) is 0 Å². The van der Waals surface area contributed by atoms with E-state index in [-0.39, 0.29) is 12.5 Å². The summed E-state index contributed by atoms with van der Waals surface area (Å²) < 4.78 is 0. The van der Waals surface area contributed by atoms with E-state index in [4.69, 9.17) is 5.11 Å². The molecule has 2 N–H and O–H groups in total. The third-order valence-electron chi connectivity index (χ3n) is 3.19. The van der Waals surface area contributed by atoms with Gasteiger partial charge in [-0.2, -0.15) is 0 Å². The molecule has 0 saturated carbocycles. The first kappa shape index (κ1) is 14.7. The molecule has 1 aromatic carbocycles. The van der Waals surface area contributed by atoms with Crippen molar-refractivity contribution in [2.24, 2.45) is 0 Å². The molecule has 0 aliphatic carbocycles. The number of anilines is 1. The Hall–Kier alpha value is -1.35. The van der Waals surface area contributed by atoms with Crippen molar-refractivity contribution < 1.29 is 9.90 Å². The average Bonchev–Trinajstić information content (AvgIpc) is 2.39. The molecule has 0 heterocycles. The van der Waals surface area contributed by atoms with E-state index in [0.717, 1.165) is 18.5 Å². The van der Waals surface area contributed by atoms with Crippen molar-refractivity contribution in [1.29, 1.82) is 0 Å². The van der Waals surface area contributed by atoms with Gasteiger partial charge in [-0.3, -0.25) is 4.79 Å². The molecule has 1 aromatic rings. The molecule has 0 bridgehead atoms. The second kappa shape index (κ2) is 7.88. The first-order valence-corrected chi connectivity index (χ1v) is 6.68. The maximum atomic E-state index is 11.6. The Morgan fingerprint density at radius 3 is 2.50 bits per heavy atom. The van der Waals surface area contributed by atoms with Gasteiger partial charge in [-0.05, 0) is 42.9 Å². The van der Waals surface area contributed by atoms with Crippen LogP contribution in [0.2, 0.25) is 0 Å².